The van der Waals surface area contributed by atoms with Gasteiger partial charge in [-0.25, -0.2) is 13.7 Å². The quantitative estimate of drug-likeness (QED) is 0.358. The second-order valence-corrected chi connectivity index (χ2v) is 9.41. The summed E-state index contributed by atoms with van der Waals surface area (Å²) >= 11 is 0. The van der Waals surface area contributed by atoms with Gasteiger partial charge >= 0.3 is 5.97 Å². The van der Waals surface area contributed by atoms with E-state index in [9.17, 15) is 14.9 Å². The fourth-order valence-corrected chi connectivity index (χ4v) is 5.03. The summed E-state index contributed by atoms with van der Waals surface area (Å²) in [4.78, 5) is 29.0. The third-order valence-corrected chi connectivity index (χ3v) is 6.97. The number of hydrogen-bond donors (Lipinski definition) is 1. The Morgan fingerprint density at radius 1 is 1.26 bits per heavy atom. The summed E-state index contributed by atoms with van der Waals surface area (Å²) in [6, 6.07) is 13.7. The van der Waals surface area contributed by atoms with Gasteiger partial charge in [0.05, 0.1) is 23.4 Å². The van der Waals surface area contributed by atoms with E-state index in [4.69, 9.17) is 9.84 Å². The topological polar surface area (TPSA) is 123 Å². The summed E-state index contributed by atoms with van der Waals surface area (Å²) in [6.45, 7) is 1.61. The van der Waals surface area contributed by atoms with Gasteiger partial charge in [0.15, 0.2) is 0 Å². The average molecular weight is 516 g/mol. The second kappa shape index (κ2) is 10.6. The molecule has 2 aromatic carbocycles. The first-order valence-electron chi connectivity index (χ1n) is 12.5. The van der Waals surface area contributed by atoms with Crippen molar-refractivity contribution in [2.24, 2.45) is 0 Å². The van der Waals surface area contributed by atoms with Gasteiger partial charge in [-0.15, -0.1) is 0 Å². The molecule has 194 valence electrons. The molecular formula is C28H26FN5O4. The molecule has 1 aliphatic carbocycles. The van der Waals surface area contributed by atoms with Crippen molar-refractivity contribution in [1.29, 1.82) is 5.26 Å². The lowest BCUT2D eigenvalue weighted by molar-refractivity contribution is -0.147. The highest BCUT2D eigenvalue weighted by Gasteiger charge is 2.35. The number of nitrogens with zero attached hydrogens (tertiary/aromatic N) is 5. The average Bonchev–Trinajstić information content (AvgIpc) is 3.37. The first-order valence-corrected chi connectivity index (χ1v) is 12.5. The number of hydrogen-bond acceptors (Lipinski definition) is 6. The molecule has 4 aromatic rings. The molecule has 0 spiro atoms. The van der Waals surface area contributed by atoms with Crippen LogP contribution < -0.4 is 5.56 Å². The molecule has 0 amide bonds. The lowest BCUT2D eigenvalue weighted by Gasteiger charge is -2.36. The van der Waals surface area contributed by atoms with Gasteiger partial charge in [0.2, 0.25) is 5.78 Å². The maximum Gasteiger partial charge on any atom is 0.329 e. The fourth-order valence-electron chi connectivity index (χ4n) is 5.03. The van der Waals surface area contributed by atoms with Gasteiger partial charge in [-0.3, -0.25) is 9.36 Å². The van der Waals surface area contributed by atoms with Gasteiger partial charge in [-0.1, -0.05) is 43.7 Å². The number of carboxylic acid groups (broad SMARTS) is 1. The Bertz CT molecular complexity index is 1610. The van der Waals surface area contributed by atoms with Crippen LogP contribution in [0.3, 0.4) is 0 Å². The summed E-state index contributed by atoms with van der Waals surface area (Å²) in [7, 11) is 0. The molecule has 1 saturated carbocycles. The van der Waals surface area contributed by atoms with Crippen LogP contribution in [0.5, 0.6) is 0 Å². The van der Waals surface area contributed by atoms with E-state index in [-0.39, 0.29) is 30.7 Å². The maximum atomic E-state index is 15.4. The highest BCUT2D eigenvalue weighted by atomic mass is 19.1. The van der Waals surface area contributed by atoms with Crippen molar-refractivity contribution in [3.8, 4) is 17.2 Å². The van der Waals surface area contributed by atoms with Crippen molar-refractivity contribution in [3.05, 3.63) is 87.3 Å². The van der Waals surface area contributed by atoms with Crippen LogP contribution >= 0.6 is 0 Å². The van der Waals surface area contributed by atoms with Crippen LogP contribution in [0.1, 0.15) is 54.6 Å². The van der Waals surface area contributed by atoms with E-state index in [1.54, 1.807) is 45.5 Å². The summed E-state index contributed by atoms with van der Waals surface area (Å²) < 4.78 is 24.0. The predicted molar refractivity (Wildman–Crippen MR) is 136 cm³/mol. The summed E-state index contributed by atoms with van der Waals surface area (Å²) in [5.74, 6) is -1.10. The van der Waals surface area contributed by atoms with E-state index in [1.165, 1.54) is 12.4 Å². The Hall–Kier alpha value is -4.36. The van der Waals surface area contributed by atoms with Crippen molar-refractivity contribution in [3.63, 3.8) is 0 Å². The van der Waals surface area contributed by atoms with Gasteiger partial charge in [-0.05, 0) is 48.1 Å². The SMILES string of the molecule is CCCc1c(Cc2ccc(-c3ccccc3C#N)cc2F)c(=O)n([C@H]2C[C@@H](OCC(=O)O)C2)c2ncnn12. The van der Waals surface area contributed by atoms with E-state index < -0.39 is 11.8 Å². The Morgan fingerprint density at radius 2 is 2.05 bits per heavy atom. The monoisotopic (exact) mass is 515 g/mol. The number of fused-ring (bicyclic) bond motifs is 1. The minimum atomic E-state index is -1.04. The molecule has 0 bridgehead atoms. The molecular weight excluding hydrogens is 489 g/mol. The molecule has 1 N–H and O–H groups in total. The van der Waals surface area contributed by atoms with E-state index in [0.29, 0.717) is 58.6 Å². The number of aromatic nitrogens is 4. The normalized spacial score (nSPS) is 16.8. The molecule has 0 aliphatic heterocycles. The summed E-state index contributed by atoms with van der Waals surface area (Å²) in [5, 5.41) is 22.6. The standard InChI is InChI=1S/C28H26FN5O4/c1-2-5-25-23(10-18-9-8-17(11-24(18)29)22-7-4-3-6-19(22)14-30)27(37)33(28-31-16-32-34(25)28)20-12-21(13-20)38-15-26(35)36/h3-4,6-9,11,16,20-21H,2,5,10,12-13,15H2,1H3,(H,35,36)/t20-,21+. The zero-order valence-electron chi connectivity index (χ0n) is 20.8. The lowest BCUT2D eigenvalue weighted by atomic mass is 9.88. The molecule has 2 heterocycles. The molecule has 38 heavy (non-hydrogen) atoms. The Balaban J connectivity index is 1.52. The molecule has 1 aliphatic rings. The summed E-state index contributed by atoms with van der Waals surface area (Å²) in [6.07, 6.45) is 3.48. The fraction of sp³-hybridized carbons (Fsp3) is 0.321. The van der Waals surface area contributed by atoms with Crippen LogP contribution in [-0.4, -0.2) is 43.0 Å². The van der Waals surface area contributed by atoms with Crippen LogP contribution in [0, 0.1) is 17.1 Å². The van der Waals surface area contributed by atoms with Crippen molar-refractivity contribution >= 4 is 11.7 Å². The van der Waals surface area contributed by atoms with Crippen LogP contribution in [0.4, 0.5) is 4.39 Å². The first kappa shape index (κ1) is 25.3. The van der Waals surface area contributed by atoms with E-state index in [1.807, 2.05) is 6.92 Å². The zero-order valence-corrected chi connectivity index (χ0v) is 20.8. The lowest BCUT2D eigenvalue weighted by Crippen LogP contribution is -2.41. The third-order valence-electron chi connectivity index (χ3n) is 6.97. The van der Waals surface area contributed by atoms with Crippen molar-refractivity contribution < 1.29 is 19.0 Å². The number of benzene rings is 2. The zero-order chi connectivity index (χ0) is 26.8. The van der Waals surface area contributed by atoms with E-state index in [2.05, 4.69) is 16.2 Å². The summed E-state index contributed by atoms with van der Waals surface area (Å²) in [5.41, 5.74) is 2.93. The van der Waals surface area contributed by atoms with Crippen LogP contribution in [-0.2, 0) is 22.4 Å². The predicted octanol–water partition coefficient (Wildman–Crippen LogP) is 3.92. The minimum absolute atomic E-state index is 0.0711. The smallest absolute Gasteiger partial charge is 0.329 e. The molecule has 0 saturated heterocycles. The molecule has 10 heteroatoms. The number of aryl methyl sites for hydroxylation is 1. The number of rotatable bonds is 9. The number of carboxylic acids is 1. The number of nitriles is 1. The van der Waals surface area contributed by atoms with Gasteiger partial charge in [-0.2, -0.15) is 15.3 Å². The highest BCUT2D eigenvalue weighted by Crippen LogP contribution is 2.35. The molecule has 9 nitrogen and oxygen atoms in total. The number of aliphatic carboxylic acids is 1. The Morgan fingerprint density at radius 3 is 2.76 bits per heavy atom. The largest absolute Gasteiger partial charge is 0.480 e. The molecule has 0 atom stereocenters. The van der Waals surface area contributed by atoms with Gasteiger partial charge in [0.1, 0.15) is 18.8 Å². The maximum absolute atomic E-state index is 15.4. The van der Waals surface area contributed by atoms with Gasteiger partial charge in [0, 0.05) is 18.0 Å². The molecule has 2 aromatic heterocycles. The molecule has 5 rings (SSSR count). The Labute approximate surface area is 217 Å². The van der Waals surface area contributed by atoms with Crippen molar-refractivity contribution in [2.45, 2.75) is 51.2 Å². The molecule has 0 unspecified atom stereocenters. The van der Waals surface area contributed by atoms with E-state index >= 15 is 4.39 Å². The van der Waals surface area contributed by atoms with Crippen LogP contribution in [0.15, 0.2) is 53.6 Å². The second-order valence-electron chi connectivity index (χ2n) is 9.41. The first-order chi connectivity index (χ1) is 18.4. The molecule has 1 fully saturated rings. The highest BCUT2D eigenvalue weighted by molar-refractivity contribution is 5.70. The Kier molecular flexibility index (Phi) is 7.03. The van der Waals surface area contributed by atoms with Crippen LogP contribution in [0.2, 0.25) is 0 Å². The minimum Gasteiger partial charge on any atom is -0.480 e. The molecule has 0 radical (unpaired) electrons. The van der Waals surface area contributed by atoms with Crippen LogP contribution in [0.25, 0.3) is 16.9 Å². The number of halogens is 1. The van der Waals surface area contributed by atoms with E-state index in [0.717, 1.165) is 6.42 Å². The third kappa shape index (κ3) is 4.68. The van der Waals surface area contributed by atoms with Crippen molar-refractivity contribution in [1.82, 2.24) is 19.2 Å². The van der Waals surface area contributed by atoms with Crippen molar-refractivity contribution in [2.75, 3.05) is 6.61 Å². The van der Waals surface area contributed by atoms with Gasteiger partial charge in [0.25, 0.3) is 5.56 Å². The number of ether oxygens (including phenoxy) is 1. The van der Waals surface area contributed by atoms with Gasteiger partial charge < -0.3 is 9.84 Å². The number of carbonyl (C=O) groups is 1.